The van der Waals surface area contributed by atoms with Gasteiger partial charge in [-0.2, -0.15) is 5.10 Å². The molecule has 0 radical (unpaired) electrons. The molecule has 8 heteroatoms. The zero-order chi connectivity index (χ0) is 24.4. The van der Waals surface area contributed by atoms with E-state index in [9.17, 15) is 4.79 Å². The monoisotopic (exact) mass is 467 g/mol. The fourth-order valence-electron chi connectivity index (χ4n) is 4.32. The molecule has 0 aliphatic carbocycles. The summed E-state index contributed by atoms with van der Waals surface area (Å²) in [5, 5.41) is 7.83. The predicted molar refractivity (Wildman–Crippen MR) is 138 cm³/mol. The SMILES string of the molecule is Cc1ccc(Nc2cc(N3CCN(C(=O)c4cnn(-c5ccccc5)c4C)CC3)nc(C)n2)cc1. The molecule has 2 aromatic heterocycles. The molecule has 178 valence electrons. The van der Waals surface area contributed by atoms with Crippen molar-refractivity contribution in [2.24, 2.45) is 0 Å². The number of rotatable bonds is 5. The van der Waals surface area contributed by atoms with Crippen LogP contribution < -0.4 is 10.2 Å². The van der Waals surface area contributed by atoms with E-state index in [1.807, 2.05) is 72.0 Å². The number of nitrogens with zero attached hydrogens (tertiary/aromatic N) is 6. The number of piperazine rings is 1. The molecular formula is C27H29N7O. The Hall–Kier alpha value is -4.20. The number of carbonyl (C=O) groups is 1. The lowest BCUT2D eigenvalue weighted by Crippen LogP contribution is -2.49. The first-order chi connectivity index (χ1) is 17.0. The minimum absolute atomic E-state index is 0.0184. The Labute approximate surface area is 205 Å². The Morgan fingerprint density at radius 2 is 1.60 bits per heavy atom. The van der Waals surface area contributed by atoms with Crippen LogP contribution in [0.25, 0.3) is 5.69 Å². The van der Waals surface area contributed by atoms with Gasteiger partial charge in [-0.05, 0) is 45.0 Å². The van der Waals surface area contributed by atoms with Crippen LogP contribution in [-0.2, 0) is 0 Å². The number of para-hydroxylation sites is 1. The van der Waals surface area contributed by atoms with Gasteiger partial charge in [-0.3, -0.25) is 4.79 Å². The second kappa shape index (κ2) is 9.58. The number of amides is 1. The number of carbonyl (C=O) groups excluding carboxylic acids is 1. The summed E-state index contributed by atoms with van der Waals surface area (Å²) < 4.78 is 1.82. The maximum absolute atomic E-state index is 13.3. The zero-order valence-electron chi connectivity index (χ0n) is 20.3. The summed E-state index contributed by atoms with van der Waals surface area (Å²) in [4.78, 5) is 26.6. The number of aromatic nitrogens is 4. The van der Waals surface area contributed by atoms with Crippen molar-refractivity contribution in [2.75, 3.05) is 36.4 Å². The summed E-state index contributed by atoms with van der Waals surface area (Å²) in [6, 6.07) is 20.1. The molecule has 1 amide bonds. The first-order valence-corrected chi connectivity index (χ1v) is 11.8. The quantitative estimate of drug-likeness (QED) is 0.472. The van der Waals surface area contributed by atoms with Crippen molar-refractivity contribution in [3.63, 3.8) is 0 Å². The van der Waals surface area contributed by atoms with E-state index in [4.69, 9.17) is 0 Å². The van der Waals surface area contributed by atoms with Gasteiger partial charge in [0.1, 0.15) is 17.5 Å². The number of hydrogen-bond donors (Lipinski definition) is 1. The summed E-state index contributed by atoms with van der Waals surface area (Å²) >= 11 is 0. The van der Waals surface area contributed by atoms with E-state index < -0.39 is 0 Å². The summed E-state index contributed by atoms with van der Waals surface area (Å²) in [6.45, 7) is 8.57. The van der Waals surface area contributed by atoms with Gasteiger partial charge in [-0.15, -0.1) is 0 Å². The third-order valence-electron chi connectivity index (χ3n) is 6.28. The molecule has 1 saturated heterocycles. The van der Waals surface area contributed by atoms with Crippen LogP contribution in [0.2, 0.25) is 0 Å². The molecule has 1 aliphatic rings. The molecule has 8 nitrogen and oxygen atoms in total. The largest absolute Gasteiger partial charge is 0.353 e. The molecule has 2 aromatic carbocycles. The fraction of sp³-hybridized carbons (Fsp3) is 0.259. The van der Waals surface area contributed by atoms with Crippen LogP contribution in [0.4, 0.5) is 17.3 Å². The van der Waals surface area contributed by atoms with Crippen LogP contribution in [0.1, 0.15) is 27.4 Å². The lowest BCUT2D eigenvalue weighted by Gasteiger charge is -2.35. The zero-order valence-corrected chi connectivity index (χ0v) is 20.3. The Balaban J connectivity index is 1.26. The second-order valence-corrected chi connectivity index (χ2v) is 8.82. The van der Waals surface area contributed by atoms with Gasteiger partial charge in [0.15, 0.2) is 0 Å². The number of nitrogens with one attached hydrogen (secondary N) is 1. The smallest absolute Gasteiger partial charge is 0.257 e. The van der Waals surface area contributed by atoms with Crippen LogP contribution in [0.5, 0.6) is 0 Å². The van der Waals surface area contributed by atoms with Crippen molar-refractivity contribution < 1.29 is 4.79 Å². The highest BCUT2D eigenvalue weighted by molar-refractivity contribution is 5.95. The van der Waals surface area contributed by atoms with Crippen LogP contribution in [0.3, 0.4) is 0 Å². The highest BCUT2D eigenvalue weighted by atomic mass is 16.2. The van der Waals surface area contributed by atoms with E-state index in [1.165, 1.54) is 5.56 Å². The van der Waals surface area contributed by atoms with E-state index in [0.29, 0.717) is 37.6 Å². The number of aryl methyl sites for hydroxylation is 2. The van der Waals surface area contributed by atoms with Crippen LogP contribution in [0, 0.1) is 20.8 Å². The first-order valence-electron chi connectivity index (χ1n) is 11.8. The third-order valence-corrected chi connectivity index (χ3v) is 6.28. The van der Waals surface area contributed by atoms with Crippen molar-refractivity contribution in [1.29, 1.82) is 0 Å². The molecule has 1 fully saturated rings. The molecular weight excluding hydrogens is 438 g/mol. The molecule has 3 heterocycles. The topological polar surface area (TPSA) is 79.2 Å². The highest BCUT2D eigenvalue weighted by Gasteiger charge is 2.26. The molecule has 4 aromatic rings. The predicted octanol–water partition coefficient (Wildman–Crippen LogP) is 4.29. The minimum Gasteiger partial charge on any atom is -0.353 e. The molecule has 5 rings (SSSR count). The summed E-state index contributed by atoms with van der Waals surface area (Å²) in [7, 11) is 0. The maximum Gasteiger partial charge on any atom is 0.257 e. The Morgan fingerprint density at radius 1 is 0.886 bits per heavy atom. The van der Waals surface area contributed by atoms with E-state index in [0.717, 1.165) is 28.7 Å². The van der Waals surface area contributed by atoms with Crippen molar-refractivity contribution in [3.05, 3.63) is 89.5 Å². The van der Waals surface area contributed by atoms with E-state index in [-0.39, 0.29) is 5.91 Å². The van der Waals surface area contributed by atoms with E-state index >= 15 is 0 Å². The standard InChI is InChI=1S/C27H29N7O/c1-19-9-11-22(12-10-19)31-25-17-26(30-21(3)29-25)32-13-15-33(16-14-32)27(35)24-18-28-34(20(24)2)23-7-5-4-6-8-23/h4-12,17-18H,13-16H2,1-3H3,(H,29,30,31). The van der Waals surface area contributed by atoms with Crippen molar-refractivity contribution in [1.82, 2.24) is 24.6 Å². The van der Waals surface area contributed by atoms with Gasteiger partial charge in [0.2, 0.25) is 0 Å². The van der Waals surface area contributed by atoms with Crippen LogP contribution in [0.15, 0.2) is 66.9 Å². The normalized spacial score (nSPS) is 13.7. The van der Waals surface area contributed by atoms with E-state index in [2.05, 4.69) is 44.3 Å². The van der Waals surface area contributed by atoms with Gasteiger partial charge in [0.25, 0.3) is 5.91 Å². The molecule has 35 heavy (non-hydrogen) atoms. The van der Waals surface area contributed by atoms with Gasteiger partial charge >= 0.3 is 0 Å². The molecule has 1 aliphatic heterocycles. The Morgan fingerprint density at radius 3 is 2.31 bits per heavy atom. The number of anilines is 3. The highest BCUT2D eigenvalue weighted by Crippen LogP contribution is 2.22. The molecule has 0 saturated carbocycles. The van der Waals surface area contributed by atoms with E-state index in [1.54, 1.807) is 6.20 Å². The van der Waals surface area contributed by atoms with Gasteiger partial charge in [0.05, 0.1) is 23.1 Å². The lowest BCUT2D eigenvalue weighted by molar-refractivity contribution is 0.0745. The third kappa shape index (κ3) is 4.87. The van der Waals surface area contributed by atoms with Crippen molar-refractivity contribution in [2.45, 2.75) is 20.8 Å². The second-order valence-electron chi connectivity index (χ2n) is 8.82. The van der Waals surface area contributed by atoms with Gasteiger partial charge in [-0.1, -0.05) is 35.9 Å². The average Bonchev–Trinajstić information content (AvgIpc) is 3.26. The number of hydrogen-bond acceptors (Lipinski definition) is 6. The Kier molecular flexibility index (Phi) is 6.18. The molecule has 0 spiro atoms. The fourth-order valence-corrected chi connectivity index (χ4v) is 4.32. The molecule has 0 unspecified atom stereocenters. The Bertz CT molecular complexity index is 1320. The summed E-state index contributed by atoms with van der Waals surface area (Å²) in [6.07, 6.45) is 1.67. The number of benzene rings is 2. The van der Waals surface area contributed by atoms with Crippen molar-refractivity contribution in [3.8, 4) is 5.69 Å². The minimum atomic E-state index is 0.0184. The lowest BCUT2D eigenvalue weighted by atomic mass is 10.2. The van der Waals surface area contributed by atoms with Crippen molar-refractivity contribution >= 4 is 23.2 Å². The van der Waals surface area contributed by atoms with Gasteiger partial charge < -0.3 is 15.1 Å². The summed E-state index contributed by atoms with van der Waals surface area (Å²) in [5.41, 5.74) is 4.64. The molecule has 1 N–H and O–H groups in total. The molecule has 0 bridgehead atoms. The summed E-state index contributed by atoms with van der Waals surface area (Å²) in [5.74, 6) is 2.36. The van der Waals surface area contributed by atoms with Crippen LogP contribution in [-0.4, -0.2) is 56.7 Å². The molecule has 0 atom stereocenters. The average molecular weight is 468 g/mol. The maximum atomic E-state index is 13.3. The first kappa shape index (κ1) is 22.6. The van der Waals surface area contributed by atoms with Crippen LogP contribution >= 0.6 is 0 Å². The van der Waals surface area contributed by atoms with Gasteiger partial charge in [0, 0.05) is 37.9 Å². The van der Waals surface area contributed by atoms with Gasteiger partial charge in [-0.25, -0.2) is 14.6 Å².